The summed E-state index contributed by atoms with van der Waals surface area (Å²) in [7, 11) is 0. The van der Waals surface area contributed by atoms with Gasteiger partial charge >= 0.3 is 6.09 Å². The molecule has 0 radical (unpaired) electrons. The second-order valence-corrected chi connectivity index (χ2v) is 2.09. The average molecular weight is 145 g/mol. The molecule has 0 spiro atoms. The molecule has 1 fully saturated rings. The van der Waals surface area contributed by atoms with E-state index in [4.69, 9.17) is 5.11 Å². The fraction of sp³-hybridized carbons (Fsp3) is 0.800. The zero-order valence-corrected chi connectivity index (χ0v) is 5.63. The molecule has 1 rings (SSSR count). The van der Waals surface area contributed by atoms with Gasteiger partial charge in [0.05, 0.1) is 6.54 Å². The Hall–Kier alpha value is -0.810. The first-order valence-corrected chi connectivity index (χ1v) is 3.25. The molecule has 0 bridgehead atoms. The van der Waals surface area contributed by atoms with E-state index in [2.05, 4.69) is 10.7 Å². The Bertz CT molecular complexity index is 120. The fourth-order valence-corrected chi connectivity index (χ4v) is 0.837. The van der Waals surface area contributed by atoms with Crippen LogP contribution in [-0.2, 0) is 0 Å². The SMILES string of the molecule is O=C(O)N1CCNCCN1. The van der Waals surface area contributed by atoms with Crippen molar-refractivity contribution in [1.82, 2.24) is 15.8 Å². The van der Waals surface area contributed by atoms with Gasteiger partial charge in [0.25, 0.3) is 0 Å². The minimum atomic E-state index is -0.913. The summed E-state index contributed by atoms with van der Waals surface area (Å²) in [4.78, 5) is 10.3. The zero-order chi connectivity index (χ0) is 7.40. The molecule has 0 aromatic rings. The quantitative estimate of drug-likeness (QED) is 0.412. The van der Waals surface area contributed by atoms with Gasteiger partial charge in [-0.3, -0.25) is 0 Å². The van der Waals surface area contributed by atoms with Gasteiger partial charge in [-0.25, -0.2) is 15.2 Å². The zero-order valence-electron chi connectivity index (χ0n) is 5.63. The molecule has 10 heavy (non-hydrogen) atoms. The molecular formula is C5H11N3O2. The molecule has 58 valence electrons. The maximum absolute atomic E-state index is 10.3. The minimum Gasteiger partial charge on any atom is -0.464 e. The first-order chi connectivity index (χ1) is 4.80. The van der Waals surface area contributed by atoms with Crippen molar-refractivity contribution < 1.29 is 9.90 Å². The Morgan fingerprint density at radius 2 is 2.20 bits per heavy atom. The lowest BCUT2D eigenvalue weighted by Crippen LogP contribution is -2.42. The maximum atomic E-state index is 10.3. The molecule has 1 saturated heterocycles. The molecule has 3 N–H and O–H groups in total. The smallest absolute Gasteiger partial charge is 0.421 e. The highest BCUT2D eigenvalue weighted by Crippen LogP contribution is 1.84. The van der Waals surface area contributed by atoms with E-state index in [1.165, 1.54) is 5.01 Å². The highest BCUT2D eigenvalue weighted by Gasteiger charge is 2.11. The van der Waals surface area contributed by atoms with E-state index < -0.39 is 6.09 Å². The predicted octanol–water partition coefficient (Wildman–Crippen LogP) is -0.926. The van der Waals surface area contributed by atoms with E-state index in [1.54, 1.807) is 0 Å². The number of nitrogens with zero attached hydrogens (tertiary/aromatic N) is 1. The molecule has 1 aliphatic rings. The van der Waals surface area contributed by atoms with Gasteiger partial charge in [0, 0.05) is 19.6 Å². The van der Waals surface area contributed by atoms with Crippen molar-refractivity contribution in [2.45, 2.75) is 0 Å². The van der Waals surface area contributed by atoms with Gasteiger partial charge in [-0.15, -0.1) is 0 Å². The molecule has 0 unspecified atom stereocenters. The fourth-order valence-electron chi connectivity index (χ4n) is 0.837. The van der Waals surface area contributed by atoms with Crippen LogP contribution in [0.2, 0.25) is 0 Å². The van der Waals surface area contributed by atoms with Crippen LogP contribution in [0.4, 0.5) is 4.79 Å². The van der Waals surface area contributed by atoms with Crippen LogP contribution in [0.3, 0.4) is 0 Å². The number of rotatable bonds is 0. The van der Waals surface area contributed by atoms with E-state index in [-0.39, 0.29) is 0 Å². The number of amides is 1. The van der Waals surface area contributed by atoms with Crippen molar-refractivity contribution in [1.29, 1.82) is 0 Å². The lowest BCUT2D eigenvalue weighted by molar-refractivity contribution is 0.126. The maximum Gasteiger partial charge on any atom is 0.421 e. The van der Waals surface area contributed by atoms with Crippen molar-refractivity contribution in [3.8, 4) is 0 Å². The van der Waals surface area contributed by atoms with Crippen LogP contribution in [0.25, 0.3) is 0 Å². The molecular weight excluding hydrogens is 134 g/mol. The normalized spacial score (nSPS) is 20.2. The topological polar surface area (TPSA) is 64.6 Å². The monoisotopic (exact) mass is 145 g/mol. The third-order valence-corrected chi connectivity index (χ3v) is 1.35. The number of hydrogen-bond acceptors (Lipinski definition) is 3. The van der Waals surface area contributed by atoms with Crippen molar-refractivity contribution in [2.75, 3.05) is 26.2 Å². The van der Waals surface area contributed by atoms with E-state index in [1.807, 2.05) is 0 Å². The molecule has 0 saturated carbocycles. The minimum absolute atomic E-state index is 0.509. The van der Waals surface area contributed by atoms with Crippen molar-refractivity contribution in [2.24, 2.45) is 0 Å². The number of carboxylic acid groups (broad SMARTS) is 1. The number of hydrazine groups is 1. The summed E-state index contributed by atoms with van der Waals surface area (Å²) in [5, 5.41) is 12.8. The Kier molecular flexibility index (Phi) is 2.47. The highest BCUT2D eigenvalue weighted by atomic mass is 16.4. The first-order valence-electron chi connectivity index (χ1n) is 3.25. The molecule has 1 heterocycles. The summed E-state index contributed by atoms with van der Waals surface area (Å²) in [5.41, 5.74) is 2.75. The van der Waals surface area contributed by atoms with Gasteiger partial charge in [-0.2, -0.15) is 0 Å². The Morgan fingerprint density at radius 3 is 2.90 bits per heavy atom. The summed E-state index contributed by atoms with van der Waals surface area (Å²) in [6.45, 7) is 2.73. The van der Waals surface area contributed by atoms with Crippen LogP contribution in [-0.4, -0.2) is 42.4 Å². The van der Waals surface area contributed by atoms with E-state index in [0.717, 1.165) is 13.1 Å². The first kappa shape index (κ1) is 7.30. The standard InChI is InChI=1S/C5H11N3O2/c9-5(10)8-4-3-6-1-2-7-8/h6-7H,1-4H2,(H,9,10). The summed E-state index contributed by atoms with van der Waals surface area (Å²) >= 11 is 0. The van der Waals surface area contributed by atoms with Crippen molar-refractivity contribution in [3.63, 3.8) is 0 Å². The Balaban J connectivity index is 2.35. The highest BCUT2D eigenvalue weighted by molar-refractivity contribution is 5.64. The van der Waals surface area contributed by atoms with Gasteiger partial charge in [0.2, 0.25) is 0 Å². The van der Waals surface area contributed by atoms with Crippen LogP contribution < -0.4 is 10.7 Å². The molecule has 5 nitrogen and oxygen atoms in total. The third-order valence-electron chi connectivity index (χ3n) is 1.35. The predicted molar refractivity (Wildman–Crippen MR) is 35.6 cm³/mol. The third kappa shape index (κ3) is 1.85. The van der Waals surface area contributed by atoms with E-state index >= 15 is 0 Å². The molecule has 1 amide bonds. The summed E-state index contributed by atoms with van der Waals surface area (Å²) in [6, 6.07) is 0. The summed E-state index contributed by atoms with van der Waals surface area (Å²) < 4.78 is 0. The van der Waals surface area contributed by atoms with Crippen LogP contribution in [0.5, 0.6) is 0 Å². The van der Waals surface area contributed by atoms with Crippen LogP contribution in [0.15, 0.2) is 0 Å². The molecule has 1 aliphatic heterocycles. The Labute approximate surface area is 59.0 Å². The molecule has 0 aliphatic carbocycles. The largest absolute Gasteiger partial charge is 0.464 e. The van der Waals surface area contributed by atoms with Gasteiger partial charge in [-0.1, -0.05) is 0 Å². The van der Waals surface area contributed by atoms with Crippen molar-refractivity contribution in [3.05, 3.63) is 0 Å². The van der Waals surface area contributed by atoms with Crippen LogP contribution in [0.1, 0.15) is 0 Å². The lowest BCUT2D eigenvalue weighted by Gasteiger charge is -2.15. The average Bonchev–Trinajstić information content (AvgIpc) is 2.12. The molecule has 5 heteroatoms. The van der Waals surface area contributed by atoms with E-state index in [0.29, 0.717) is 13.1 Å². The number of carbonyl (C=O) groups is 1. The summed E-state index contributed by atoms with van der Waals surface area (Å²) in [5.74, 6) is 0. The molecule has 0 aromatic heterocycles. The van der Waals surface area contributed by atoms with E-state index in [9.17, 15) is 4.79 Å². The molecule has 0 aromatic carbocycles. The lowest BCUT2D eigenvalue weighted by atomic mass is 10.6. The molecule has 0 atom stereocenters. The number of nitrogens with one attached hydrogen (secondary N) is 2. The number of hydrogen-bond donors (Lipinski definition) is 3. The van der Waals surface area contributed by atoms with Crippen LogP contribution >= 0.6 is 0 Å². The summed E-state index contributed by atoms with van der Waals surface area (Å²) in [6.07, 6.45) is -0.913. The second-order valence-electron chi connectivity index (χ2n) is 2.09. The second kappa shape index (κ2) is 3.38. The Morgan fingerprint density at radius 1 is 1.40 bits per heavy atom. The van der Waals surface area contributed by atoms with Crippen LogP contribution in [0, 0.1) is 0 Å². The van der Waals surface area contributed by atoms with Gasteiger partial charge in [-0.05, 0) is 0 Å². The van der Waals surface area contributed by atoms with Gasteiger partial charge in [0.1, 0.15) is 0 Å². The van der Waals surface area contributed by atoms with Gasteiger partial charge in [0.15, 0.2) is 0 Å². The van der Waals surface area contributed by atoms with Crippen molar-refractivity contribution >= 4 is 6.09 Å². The van der Waals surface area contributed by atoms with Gasteiger partial charge < -0.3 is 10.4 Å².